The van der Waals surface area contributed by atoms with Gasteiger partial charge in [0.15, 0.2) is 0 Å². The summed E-state index contributed by atoms with van der Waals surface area (Å²) in [5, 5.41) is 7.48. The van der Waals surface area contributed by atoms with Crippen molar-refractivity contribution in [3.8, 4) is 11.5 Å². The van der Waals surface area contributed by atoms with Crippen LogP contribution in [-0.2, 0) is 0 Å². The van der Waals surface area contributed by atoms with Gasteiger partial charge in [0.05, 0.1) is 37.8 Å². The highest BCUT2D eigenvalue weighted by atomic mass is 32.1. The van der Waals surface area contributed by atoms with E-state index in [0.29, 0.717) is 0 Å². The van der Waals surface area contributed by atoms with Crippen molar-refractivity contribution in [2.75, 3.05) is 24.5 Å². The number of thiophene rings is 3. The molecule has 0 atom stereocenters. The molecule has 0 aliphatic carbocycles. The van der Waals surface area contributed by atoms with Gasteiger partial charge < -0.3 is 29.2 Å². The highest BCUT2D eigenvalue weighted by molar-refractivity contribution is 7.27. The molecule has 22 rings (SSSR count). The third-order valence-electron chi connectivity index (χ3n) is 21.2. The van der Waals surface area contributed by atoms with Crippen LogP contribution in [-0.4, -0.2) is 13.4 Å². The maximum atomic E-state index is 8.01. The van der Waals surface area contributed by atoms with Crippen molar-refractivity contribution in [1.82, 2.24) is 0 Å². The fraction of sp³-hybridized carbons (Fsp3) is 0. The van der Waals surface area contributed by atoms with Crippen LogP contribution >= 0.6 is 34.0 Å². The lowest BCUT2D eigenvalue weighted by atomic mass is 9.30. The molecule has 11 heteroatoms. The van der Waals surface area contributed by atoms with Gasteiger partial charge in [-0.3, -0.25) is 0 Å². The van der Waals surface area contributed by atoms with Crippen LogP contribution in [0.1, 0.15) is 0 Å². The zero-order valence-electron chi connectivity index (χ0n) is 54.3. The molecule has 0 bridgehead atoms. The maximum absolute atomic E-state index is 8.01. The minimum Gasteiger partial charge on any atom is -0.458 e. The van der Waals surface area contributed by atoms with Crippen molar-refractivity contribution in [2.24, 2.45) is 0 Å². The fourth-order valence-corrected chi connectivity index (χ4v) is 20.6. The monoisotopic (exact) mass is 1340 g/mol. The highest BCUT2D eigenvalue weighted by Crippen LogP contribution is 2.55. The average Bonchev–Trinajstić information content (AvgIpc) is 1.69. The first kappa shape index (κ1) is 56.9. The summed E-state index contributed by atoms with van der Waals surface area (Å²) >= 11 is 5.60. The normalized spacial score (nSPS) is 13.1. The molecule has 7 heterocycles. The summed E-state index contributed by atoms with van der Waals surface area (Å²) < 4.78 is 15.5. The van der Waals surface area contributed by atoms with Gasteiger partial charge >= 0.3 is 0 Å². The van der Waals surface area contributed by atoms with E-state index in [4.69, 9.17) is 4.74 Å². The Labute approximate surface area is 596 Å². The van der Waals surface area contributed by atoms with Gasteiger partial charge in [-0.25, -0.2) is 0 Å². The third-order valence-corrected chi connectivity index (χ3v) is 24.7. The van der Waals surface area contributed by atoms with Gasteiger partial charge in [-0.1, -0.05) is 200 Å². The first-order valence-electron chi connectivity index (χ1n) is 34.4. The Morgan fingerprint density at radius 2 is 0.713 bits per heavy atom. The second kappa shape index (κ2) is 22.2. The van der Waals surface area contributed by atoms with E-state index >= 15 is 0 Å². The summed E-state index contributed by atoms with van der Waals surface area (Å²) in [6, 6.07) is 124. The number of para-hydroxylation sites is 6. The van der Waals surface area contributed by atoms with Crippen LogP contribution in [0.2, 0.25) is 0 Å². The van der Waals surface area contributed by atoms with Crippen molar-refractivity contribution in [1.29, 1.82) is 0 Å². The van der Waals surface area contributed by atoms with E-state index in [1.165, 1.54) is 82.4 Å². The predicted molar refractivity (Wildman–Crippen MR) is 434 cm³/mol. The van der Waals surface area contributed by atoms with Gasteiger partial charge in [0.2, 0.25) is 0 Å². The third kappa shape index (κ3) is 8.46. The fourth-order valence-electron chi connectivity index (χ4n) is 17.1. The smallest absolute Gasteiger partial charge is 0.256 e. The summed E-state index contributed by atoms with van der Waals surface area (Å²) in [6.07, 6.45) is 0. The predicted octanol–water partition coefficient (Wildman–Crippen LogP) is 22.2. The van der Waals surface area contributed by atoms with Crippen molar-refractivity contribution in [3.05, 3.63) is 334 Å². The number of benzene rings is 15. The summed E-state index contributed by atoms with van der Waals surface area (Å²) in [6.45, 7) is -0.442. The quantitative estimate of drug-likeness (QED) is 0.134. The standard InChI is InChI=1S/C90H55B2N5OS3/c1-5-26-56(27-6-1)93(57-28-7-2-8-29-57)61-52-79-88-81(53-61)98-80-55-76-69(54-70(80)92(88)68-40-17-19-42-72(68)96(79)73-43-25-49-85-86(73)66-36-15-22-48-84(66)99-85)91-67-39-16-18-41-71(67)95(59-32-11-4-12-33-59)77-50-60(51-78(87(77)91)97(76)75-45-24-38-65-63-35-14-21-47-83(63)101-90(65)75)94(58-30-9-3-10-31-58)74-44-23-37-64-62-34-13-20-46-82(62)100-89(64)74/h1-55H. The molecule has 0 saturated heterocycles. The van der Waals surface area contributed by atoms with Crippen LogP contribution < -0.4 is 62.0 Å². The summed E-state index contributed by atoms with van der Waals surface area (Å²) in [5.41, 5.74) is 23.5. The van der Waals surface area contributed by atoms with Gasteiger partial charge in [-0.05, 0) is 154 Å². The number of ether oxygens (including phenoxy) is 1. The van der Waals surface area contributed by atoms with Gasteiger partial charge in [-0.2, -0.15) is 0 Å². The molecule has 3 aromatic heterocycles. The molecule has 0 unspecified atom stereocenters. The molecule has 0 radical (unpaired) electrons. The van der Waals surface area contributed by atoms with Crippen LogP contribution in [0.3, 0.4) is 0 Å². The largest absolute Gasteiger partial charge is 0.458 e. The Balaban J connectivity index is 0.848. The molecule has 470 valence electrons. The van der Waals surface area contributed by atoms with Gasteiger partial charge in [-0.15, -0.1) is 34.0 Å². The number of hydrogen-bond donors (Lipinski definition) is 0. The molecule has 6 nitrogen and oxygen atoms in total. The van der Waals surface area contributed by atoms with E-state index in [1.807, 2.05) is 34.0 Å². The second-order valence-corrected chi connectivity index (χ2v) is 29.8. The molecule has 18 aromatic rings. The minimum atomic E-state index is -0.228. The molecular weight excluding hydrogens is 1280 g/mol. The lowest BCUT2D eigenvalue weighted by Crippen LogP contribution is -2.64. The number of rotatable bonds is 9. The van der Waals surface area contributed by atoms with E-state index in [2.05, 4.69) is 358 Å². The molecule has 15 aromatic carbocycles. The van der Waals surface area contributed by atoms with Crippen molar-refractivity contribution in [3.63, 3.8) is 0 Å². The van der Waals surface area contributed by atoms with Crippen molar-refractivity contribution >= 4 is 226 Å². The molecule has 0 saturated carbocycles. The summed E-state index contributed by atoms with van der Waals surface area (Å²) in [5.74, 6) is 1.65. The van der Waals surface area contributed by atoms with Crippen molar-refractivity contribution in [2.45, 2.75) is 0 Å². The lowest BCUT2D eigenvalue weighted by molar-refractivity contribution is 0.488. The van der Waals surface area contributed by atoms with Crippen LogP contribution in [0, 0.1) is 0 Å². The Morgan fingerprint density at radius 3 is 1.39 bits per heavy atom. The zero-order chi connectivity index (χ0) is 66.0. The summed E-state index contributed by atoms with van der Waals surface area (Å²) in [4.78, 5) is 12.6. The van der Waals surface area contributed by atoms with Crippen LogP contribution in [0.25, 0.3) is 60.5 Å². The maximum Gasteiger partial charge on any atom is 0.256 e. The second-order valence-electron chi connectivity index (χ2n) is 26.6. The van der Waals surface area contributed by atoms with Crippen molar-refractivity contribution < 1.29 is 4.74 Å². The molecule has 101 heavy (non-hydrogen) atoms. The number of hydrogen-bond acceptors (Lipinski definition) is 9. The molecule has 4 aliphatic heterocycles. The van der Waals surface area contributed by atoms with Gasteiger partial charge in [0, 0.05) is 120 Å². The minimum absolute atomic E-state index is 0.215. The Bertz CT molecular complexity index is 6420. The molecule has 0 N–H and O–H groups in total. The number of nitrogens with zero attached hydrogens (tertiary/aromatic N) is 5. The van der Waals surface area contributed by atoms with E-state index in [1.54, 1.807) is 0 Å². The first-order valence-corrected chi connectivity index (χ1v) is 36.9. The SMILES string of the molecule is c1ccc(N(c2ccccc2)c2cc3c4c(c2)N(c2cccc5sc6ccccc6c25)c2ccccc2B4c2cc4c(cc2O3)N(c2cccc3c2sc2ccccc23)c2cc(N(c3ccccc3)c3cccc5c3sc3ccccc35)cc3c2B4c2ccccc2N3c2ccccc2)cc1. The number of anilines is 15. The zero-order valence-corrected chi connectivity index (χ0v) is 56.7. The van der Waals surface area contributed by atoms with Gasteiger partial charge in [0.1, 0.15) is 11.5 Å². The summed E-state index contributed by atoms with van der Waals surface area (Å²) in [7, 11) is 0. The Kier molecular flexibility index (Phi) is 12.5. The van der Waals surface area contributed by atoms with E-state index in [-0.39, 0.29) is 13.4 Å². The molecule has 0 spiro atoms. The lowest BCUT2D eigenvalue weighted by Gasteiger charge is -2.46. The van der Waals surface area contributed by atoms with Crippen LogP contribution in [0.5, 0.6) is 11.5 Å². The Morgan fingerprint density at radius 1 is 0.257 bits per heavy atom. The molecular formula is C90H55B2N5OS3. The first-order chi connectivity index (χ1) is 50.1. The average molecular weight is 1340 g/mol. The highest BCUT2D eigenvalue weighted by Gasteiger charge is 2.49. The van der Waals surface area contributed by atoms with Crippen LogP contribution in [0.4, 0.5) is 85.3 Å². The Hall–Kier alpha value is -12.1. The molecule has 0 fully saturated rings. The van der Waals surface area contributed by atoms with E-state index in [9.17, 15) is 0 Å². The van der Waals surface area contributed by atoms with E-state index in [0.717, 1.165) is 108 Å². The van der Waals surface area contributed by atoms with Gasteiger partial charge in [0.25, 0.3) is 13.4 Å². The number of fused-ring (bicyclic) bond motifs is 17. The van der Waals surface area contributed by atoms with Crippen LogP contribution in [0.15, 0.2) is 334 Å². The molecule has 0 amide bonds. The van der Waals surface area contributed by atoms with E-state index < -0.39 is 0 Å². The molecule has 4 aliphatic rings. The topological polar surface area (TPSA) is 25.4 Å².